The van der Waals surface area contributed by atoms with Gasteiger partial charge in [-0.05, 0) is 48.3 Å². The van der Waals surface area contributed by atoms with Crippen LogP contribution in [-0.4, -0.2) is 5.11 Å². The lowest BCUT2D eigenvalue weighted by Gasteiger charge is -2.45. The molecule has 1 aromatic carbocycles. The molecule has 1 nitrogen and oxygen atoms in total. The first-order valence-electron chi connectivity index (χ1n) is 7.54. The van der Waals surface area contributed by atoms with Gasteiger partial charge < -0.3 is 5.11 Å². The average Bonchev–Trinajstić information content (AvgIpc) is 2.37. The van der Waals surface area contributed by atoms with Crippen molar-refractivity contribution in [1.82, 2.24) is 0 Å². The standard InChI is InChI=1S/C17H23F3O/c1-11(2)15-9-4-12(3)10-16(15,21)13-5-7-14(8-6-13)17(18,19)20/h5-8,11-12,15,21H,4,9-10H2,1-3H3. The van der Waals surface area contributed by atoms with E-state index < -0.39 is 17.3 Å². The zero-order chi connectivity index (χ0) is 15.8. The summed E-state index contributed by atoms with van der Waals surface area (Å²) in [5.41, 5.74) is -1.07. The molecule has 1 aromatic rings. The number of alkyl halides is 3. The van der Waals surface area contributed by atoms with Crippen molar-refractivity contribution in [2.75, 3.05) is 0 Å². The van der Waals surface area contributed by atoms with Crippen LogP contribution < -0.4 is 0 Å². The Balaban J connectivity index is 2.36. The molecule has 1 aliphatic carbocycles. The van der Waals surface area contributed by atoms with Crippen LogP contribution in [0.4, 0.5) is 13.2 Å². The van der Waals surface area contributed by atoms with E-state index in [1.54, 1.807) is 0 Å². The maximum absolute atomic E-state index is 12.7. The van der Waals surface area contributed by atoms with Crippen molar-refractivity contribution in [2.24, 2.45) is 17.8 Å². The summed E-state index contributed by atoms with van der Waals surface area (Å²) in [6.07, 6.45) is -1.75. The summed E-state index contributed by atoms with van der Waals surface area (Å²) >= 11 is 0. The molecule has 0 saturated heterocycles. The van der Waals surface area contributed by atoms with E-state index in [-0.39, 0.29) is 5.92 Å². The largest absolute Gasteiger partial charge is 0.416 e. The van der Waals surface area contributed by atoms with Crippen LogP contribution in [0.15, 0.2) is 24.3 Å². The van der Waals surface area contributed by atoms with Crippen molar-refractivity contribution < 1.29 is 18.3 Å². The van der Waals surface area contributed by atoms with E-state index in [0.717, 1.165) is 25.0 Å². The lowest BCUT2D eigenvalue weighted by Crippen LogP contribution is -2.43. The van der Waals surface area contributed by atoms with E-state index in [0.29, 0.717) is 23.8 Å². The van der Waals surface area contributed by atoms with Gasteiger partial charge in [-0.2, -0.15) is 13.2 Å². The highest BCUT2D eigenvalue weighted by molar-refractivity contribution is 5.30. The summed E-state index contributed by atoms with van der Waals surface area (Å²) in [7, 11) is 0. The monoisotopic (exact) mass is 300 g/mol. The van der Waals surface area contributed by atoms with Gasteiger partial charge in [0.25, 0.3) is 0 Å². The molecule has 0 radical (unpaired) electrons. The molecule has 4 heteroatoms. The van der Waals surface area contributed by atoms with E-state index in [9.17, 15) is 18.3 Å². The Kier molecular flexibility index (Phi) is 4.39. The average molecular weight is 300 g/mol. The van der Waals surface area contributed by atoms with Crippen LogP contribution in [-0.2, 0) is 11.8 Å². The Morgan fingerprint density at radius 2 is 1.71 bits per heavy atom. The molecule has 0 spiro atoms. The SMILES string of the molecule is CC1CCC(C(C)C)C(O)(c2ccc(C(F)(F)F)cc2)C1. The fourth-order valence-corrected chi connectivity index (χ4v) is 3.65. The van der Waals surface area contributed by atoms with Gasteiger partial charge >= 0.3 is 6.18 Å². The molecule has 1 fully saturated rings. The lowest BCUT2D eigenvalue weighted by atomic mass is 9.64. The third kappa shape index (κ3) is 3.25. The Morgan fingerprint density at radius 1 is 1.14 bits per heavy atom. The number of halogens is 3. The second kappa shape index (κ2) is 5.64. The molecule has 2 rings (SSSR count). The quantitative estimate of drug-likeness (QED) is 0.816. The van der Waals surface area contributed by atoms with Crippen molar-refractivity contribution in [2.45, 2.75) is 51.8 Å². The highest BCUT2D eigenvalue weighted by Gasteiger charge is 2.44. The fraction of sp³-hybridized carbons (Fsp3) is 0.647. The van der Waals surface area contributed by atoms with Crippen molar-refractivity contribution >= 4 is 0 Å². The molecular formula is C17H23F3O. The maximum atomic E-state index is 12.7. The van der Waals surface area contributed by atoms with E-state index in [1.165, 1.54) is 12.1 Å². The first kappa shape index (κ1) is 16.3. The normalized spacial score (nSPS) is 30.7. The van der Waals surface area contributed by atoms with Crippen LogP contribution >= 0.6 is 0 Å². The second-order valence-corrected chi connectivity index (χ2v) is 6.74. The fourth-order valence-electron chi connectivity index (χ4n) is 3.65. The van der Waals surface area contributed by atoms with Gasteiger partial charge in [0.05, 0.1) is 11.2 Å². The first-order chi connectivity index (χ1) is 9.64. The first-order valence-corrected chi connectivity index (χ1v) is 7.54. The van der Waals surface area contributed by atoms with Crippen LogP contribution in [0, 0.1) is 17.8 Å². The summed E-state index contributed by atoms with van der Waals surface area (Å²) in [6.45, 7) is 6.22. The number of aliphatic hydroxyl groups is 1. The molecule has 0 amide bonds. The summed E-state index contributed by atoms with van der Waals surface area (Å²) in [6, 6.07) is 5.03. The molecule has 0 bridgehead atoms. The minimum atomic E-state index is -4.33. The highest BCUT2D eigenvalue weighted by Crippen LogP contribution is 2.47. The van der Waals surface area contributed by atoms with Gasteiger partial charge in [-0.15, -0.1) is 0 Å². The van der Waals surface area contributed by atoms with Crippen LogP contribution in [0.25, 0.3) is 0 Å². The van der Waals surface area contributed by atoms with Gasteiger partial charge in [0, 0.05) is 0 Å². The zero-order valence-electron chi connectivity index (χ0n) is 12.7. The van der Waals surface area contributed by atoms with Gasteiger partial charge in [-0.1, -0.05) is 39.3 Å². The predicted molar refractivity (Wildman–Crippen MR) is 76.7 cm³/mol. The minimum Gasteiger partial charge on any atom is -0.385 e. The van der Waals surface area contributed by atoms with Crippen molar-refractivity contribution in [3.8, 4) is 0 Å². The van der Waals surface area contributed by atoms with E-state index in [4.69, 9.17) is 0 Å². The molecule has 0 heterocycles. The Hall–Kier alpha value is -1.03. The number of hydrogen-bond donors (Lipinski definition) is 1. The molecule has 3 unspecified atom stereocenters. The van der Waals surface area contributed by atoms with Crippen molar-refractivity contribution in [1.29, 1.82) is 0 Å². The molecule has 21 heavy (non-hydrogen) atoms. The molecule has 1 saturated carbocycles. The van der Waals surface area contributed by atoms with E-state index >= 15 is 0 Å². The third-order valence-corrected chi connectivity index (χ3v) is 4.76. The van der Waals surface area contributed by atoms with Gasteiger partial charge in [0.2, 0.25) is 0 Å². The Labute approximate surface area is 124 Å². The molecule has 0 aromatic heterocycles. The van der Waals surface area contributed by atoms with Crippen molar-refractivity contribution in [3.05, 3.63) is 35.4 Å². The van der Waals surface area contributed by atoms with Crippen molar-refractivity contribution in [3.63, 3.8) is 0 Å². The summed E-state index contributed by atoms with van der Waals surface area (Å²) in [4.78, 5) is 0. The minimum absolute atomic E-state index is 0.0884. The summed E-state index contributed by atoms with van der Waals surface area (Å²) in [5.74, 6) is 0.766. The Morgan fingerprint density at radius 3 is 2.19 bits per heavy atom. The number of hydrogen-bond acceptors (Lipinski definition) is 1. The predicted octanol–water partition coefficient (Wildman–Crippen LogP) is 4.99. The lowest BCUT2D eigenvalue weighted by molar-refractivity contribution is -0.137. The van der Waals surface area contributed by atoms with Gasteiger partial charge in [-0.25, -0.2) is 0 Å². The molecule has 1 N–H and O–H groups in total. The molecule has 0 aliphatic heterocycles. The zero-order valence-corrected chi connectivity index (χ0v) is 12.7. The topological polar surface area (TPSA) is 20.2 Å². The summed E-state index contributed by atoms with van der Waals surface area (Å²) < 4.78 is 38.0. The highest BCUT2D eigenvalue weighted by atomic mass is 19.4. The van der Waals surface area contributed by atoms with Crippen LogP contribution in [0.2, 0.25) is 0 Å². The Bertz CT molecular complexity index is 478. The molecule has 118 valence electrons. The van der Waals surface area contributed by atoms with Gasteiger partial charge in [0.1, 0.15) is 0 Å². The van der Waals surface area contributed by atoms with E-state index in [2.05, 4.69) is 20.8 Å². The molecular weight excluding hydrogens is 277 g/mol. The summed E-state index contributed by atoms with van der Waals surface area (Å²) in [5, 5.41) is 11.2. The van der Waals surface area contributed by atoms with Gasteiger partial charge in [0.15, 0.2) is 0 Å². The number of rotatable bonds is 2. The molecule has 3 atom stereocenters. The number of benzene rings is 1. The third-order valence-electron chi connectivity index (χ3n) is 4.76. The van der Waals surface area contributed by atoms with Crippen LogP contribution in [0.1, 0.15) is 51.2 Å². The maximum Gasteiger partial charge on any atom is 0.416 e. The second-order valence-electron chi connectivity index (χ2n) is 6.74. The van der Waals surface area contributed by atoms with Crippen LogP contribution in [0.5, 0.6) is 0 Å². The van der Waals surface area contributed by atoms with Gasteiger partial charge in [-0.3, -0.25) is 0 Å². The van der Waals surface area contributed by atoms with E-state index in [1.807, 2.05) is 0 Å². The smallest absolute Gasteiger partial charge is 0.385 e. The molecule has 1 aliphatic rings. The van der Waals surface area contributed by atoms with Crippen LogP contribution in [0.3, 0.4) is 0 Å².